The molecule has 1 aromatic rings. The second-order valence-electron chi connectivity index (χ2n) is 19.4. The number of fused-ring (bicyclic) bond motifs is 5. The maximum Gasteiger partial charge on any atom is 0.0484 e. The molecule has 2 heterocycles. The van der Waals surface area contributed by atoms with Gasteiger partial charge in [-0.2, -0.15) is 0 Å². The van der Waals surface area contributed by atoms with Gasteiger partial charge in [-0.3, -0.25) is 0 Å². The van der Waals surface area contributed by atoms with Gasteiger partial charge < -0.3 is 10.2 Å². The van der Waals surface area contributed by atoms with Crippen LogP contribution in [0.2, 0.25) is 0 Å². The van der Waals surface area contributed by atoms with Crippen molar-refractivity contribution in [2.24, 2.45) is 52.8 Å². The number of aryl methyl sites for hydroxylation is 1. The first-order valence-corrected chi connectivity index (χ1v) is 22.8. The number of hydrogen-bond donors (Lipinski definition) is 1. The molecule has 1 saturated carbocycles. The molecule has 2 nitrogen and oxygen atoms in total. The van der Waals surface area contributed by atoms with Gasteiger partial charge in [0.25, 0.3) is 0 Å². The quantitative estimate of drug-likeness (QED) is 0.305. The summed E-state index contributed by atoms with van der Waals surface area (Å²) in [6.45, 7) is 2.37. The number of hydrogen-bond acceptors (Lipinski definition) is 2. The highest BCUT2D eigenvalue weighted by Crippen LogP contribution is 2.67. The van der Waals surface area contributed by atoms with E-state index >= 15 is 0 Å². The summed E-state index contributed by atoms with van der Waals surface area (Å²) in [4.78, 5) is 3.04. The van der Waals surface area contributed by atoms with Crippen molar-refractivity contribution < 1.29 is 0 Å². The van der Waals surface area contributed by atoms with E-state index in [9.17, 15) is 0 Å². The Hall–Kier alpha value is -3.10. The first-order valence-electron chi connectivity index (χ1n) is 22.8. The second-order valence-corrected chi connectivity index (χ2v) is 19.4. The van der Waals surface area contributed by atoms with E-state index in [1.165, 1.54) is 122 Å². The maximum absolute atomic E-state index is 3.89. The number of rotatable bonds is 5. The minimum atomic E-state index is 0.173. The Kier molecular flexibility index (Phi) is 8.94. The van der Waals surface area contributed by atoms with Gasteiger partial charge in [0, 0.05) is 41.6 Å². The van der Waals surface area contributed by atoms with Gasteiger partial charge in [-0.05, 0) is 167 Å². The molecular weight excluding hydrogens is 653 g/mol. The first-order chi connectivity index (χ1) is 26.8. The summed E-state index contributed by atoms with van der Waals surface area (Å²) in [5, 5.41) is 3.89. The van der Waals surface area contributed by atoms with Gasteiger partial charge in [0.1, 0.15) is 0 Å². The number of piperidine rings is 1. The van der Waals surface area contributed by atoms with E-state index in [1.807, 2.05) is 16.7 Å². The maximum atomic E-state index is 3.89. The van der Waals surface area contributed by atoms with Crippen LogP contribution in [0.15, 0.2) is 119 Å². The van der Waals surface area contributed by atoms with Crippen molar-refractivity contribution in [2.45, 2.75) is 121 Å². The van der Waals surface area contributed by atoms with Crippen LogP contribution in [0, 0.1) is 52.8 Å². The molecule has 0 amide bonds. The van der Waals surface area contributed by atoms with Crippen molar-refractivity contribution >= 4 is 0 Å². The molecule has 2 aliphatic heterocycles. The Bertz CT molecular complexity index is 1880. The van der Waals surface area contributed by atoms with E-state index in [0.29, 0.717) is 41.7 Å². The summed E-state index contributed by atoms with van der Waals surface area (Å²) >= 11 is 0. The number of benzene rings is 1. The molecule has 11 atom stereocenters. The number of nitrogens with zero attached hydrogens (tertiary/aromatic N) is 1. The topological polar surface area (TPSA) is 15.3 Å². The molecule has 1 saturated heterocycles. The highest BCUT2D eigenvalue weighted by Gasteiger charge is 2.57. The molecule has 1 N–H and O–H groups in total. The van der Waals surface area contributed by atoms with Crippen LogP contribution in [-0.2, 0) is 12.8 Å². The SMILES string of the molecule is C1=CCC(C2(C3CC=CCC3)C3=CC(C4C=CC5=C(C4)C4CCNCC4N5C4CCCC(C5CCc6ccccc6C5)C4)CCC3C3=C2C=CCC3)C=C1. The van der Waals surface area contributed by atoms with Crippen molar-refractivity contribution in [3.05, 3.63) is 130 Å². The van der Waals surface area contributed by atoms with E-state index in [1.54, 1.807) is 22.4 Å². The highest BCUT2D eigenvalue weighted by molar-refractivity contribution is 5.56. The van der Waals surface area contributed by atoms with Crippen LogP contribution in [-0.4, -0.2) is 30.1 Å². The zero-order valence-electron chi connectivity index (χ0n) is 32.8. The molecule has 2 fully saturated rings. The lowest BCUT2D eigenvalue weighted by atomic mass is 9.54. The van der Waals surface area contributed by atoms with Gasteiger partial charge in [0.15, 0.2) is 0 Å². The van der Waals surface area contributed by atoms with Crippen LogP contribution in [0.3, 0.4) is 0 Å². The van der Waals surface area contributed by atoms with Gasteiger partial charge in [0.2, 0.25) is 0 Å². The highest BCUT2D eigenvalue weighted by atomic mass is 15.2. The van der Waals surface area contributed by atoms with E-state index in [4.69, 9.17) is 0 Å². The minimum absolute atomic E-state index is 0.173. The fourth-order valence-electron chi connectivity index (χ4n) is 14.8. The first kappa shape index (κ1) is 34.2. The Labute approximate surface area is 326 Å². The van der Waals surface area contributed by atoms with Crippen molar-refractivity contribution in [1.82, 2.24) is 10.2 Å². The monoisotopic (exact) mass is 717 g/mol. The van der Waals surface area contributed by atoms with Gasteiger partial charge in [-0.25, -0.2) is 0 Å². The Morgan fingerprint density at radius 3 is 2.59 bits per heavy atom. The van der Waals surface area contributed by atoms with Gasteiger partial charge in [-0.1, -0.05) is 109 Å². The zero-order valence-corrected chi connectivity index (χ0v) is 32.8. The lowest BCUT2D eigenvalue weighted by Crippen LogP contribution is -2.51. The summed E-state index contributed by atoms with van der Waals surface area (Å²) in [5.74, 6) is 5.79. The van der Waals surface area contributed by atoms with Gasteiger partial charge in [-0.15, -0.1) is 0 Å². The summed E-state index contributed by atoms with van der Waals surface area (Å²) < 4.78 is 0. The van der Waals surface area contributed by atoms with Gasteiger partial charge >= 0.3 is 0 Å². The molecule has 10 aliphatic rings. The Morgan fingerprint density at radius 2 is 1.69 bits per heavy atom. The summed E-state index contributed by atoms with van der Waals surface area (Å²) in [7, 11) is 0. The summed E-state index contributed by atoms with van der Waals surface area (Å²) in [6, 6.07) is 10.7. The van der Waals surface area contributed by atoms with Crippen LogP contribution in [0.1, 0.15) is 107 Å². The average molecular weight is 717 g/mol. The number of allylic oxidation sites excluding steroid dienone is 14. The van der Waals surface area contributed by atoms with Crippen LogP contribution in [0.5, 0.6) is 0 Å². The standard InChI is InChI=1S/C52H64N2/c1-3-15-41(16-4-1)52(42-17-5-2-6-18-42)48-21-10-9-20-44(48)45-26-24-40(33-49(45)52)39-25-27-50-47(32-39)46-28-29-53-34-51(46)54(50)43-19-11-14-37(31-43)38-23-22-35-12-7-8-13-36(35)30-38/h1-5,7-8,10,12-13,15,21,25,27,33,37-43,45-46,51,53H,6,9,11,14,16-20,22-24,26,28-32,34H2. The lowest BCUT2D eigenvalue weighted by Gasteiger charge is -2.49. The third-order valence-electron chi connectivity index (χ3n) is 17.1. The third-order valence-corrected chi connectivity index (χ3v) is 17.1. The molecule has 11 unspecified atom stereocenters. The fourth-order valence-corrected chi connectivity index (χ4v) is 14.8. The van der Waals surface area contributed by atoms with Crippen molar-refractivity contribution in [2.75, 3.05) is 13.1 Å². The molecule has 11 rings (SSSR count). The van der Waals surface area contributed by atoms with Crippen molar-refractivity contribution in [1.29, 1.82) is 0 Å². The predicted octanol–water partition coefficient (Wildman–Crippen LogP) is 11.6. The van der Waals surface area contributed by atoms with Crippen LogP contribution < -0.4 is 5.32 Å². The van der Waals surface area contributed by atoms with E-state index in [2.05, 4.69) is 101 Å². The summed E-state index contributed by atoms with van der Waals surface area (Å²) in [5.41, 5.74) is 12.5. The van der Waals surface area contributed by atoms with Crippen LogP contribution >= 0.6 is 0 Å². The lowest BCUT2D eigenvalue weighted by molar-refractivity contribution is 0.0889. The van der Waals surface area contributed by atoms with Gasteiger partial charge in [0.05, 0.1) is 0 Å². The Morgan fingerprint density at radius 1 is 0.722 bits per heavy atom. The molecule has 1 aromatic carbocycles. The van der Waals surface area contributed by atoms with E-state index < -0.39 is 0 Å². The molecule has 2 heteroatoms. The third kappa shape index (κ3) is 5.49. The number of nitrogens with one attached hydrogen (secondary N) is 1. The van der Waals surface area contributed by atoms with Crippen LogP contribution in [0.4, 0.5) is 0 Å². The molecule has 54 heavy (non-hydrogen) atoms. The zero-order chi connectivity index (χ0) is 35.6. The molecule has 0 bridgehead atoms. The average Bonchev–Trinajstić information content (AvgIpc) is 3.74. The summed E-state index contributed by atoms with van der Waals surface area (Å²) in [6.07, 6.45) is 51.0. The molecule has 0 aromatic heterocycles. The van der Waals surface area contributed by atoms with Crippen molar-refractivity contribution in [3.63, 3.8) is 0 Å². The molecular formula is C52H64N2. The largest absolute Gasteiger partial charge is 0.364 e. The fraction of sp³-hybridized carbons (Fsp3) is 0.577. The smallest absolute Gasteiger partial charge is 0.0484 e. The minimum Gasteiger partial charge on any atom is -0.364 e. The van der Waals surface area contributed by atoms with Crippen molar-refractivity contribution in [3.8, 4) is 0 Å². The second kappa shape index (κ2) is 14.1. The van der Waals surface area contributed by atoms with Crippen LogP contribution in [0.25, 0.3) is 0 Å². The Balaban J connectivity index is 0.891. The molecule has 282 valence electrons. The van der Waals surface area contributed by atoms with E-state index in [-0.39, 0.29) is 5.41 Å². The van der Waals surface area contributed by atoms with E-state index in [0.717, 1.165) is 17.8 Å². The molecule has 0 spiro atoms. The molecule has 0 radical (unpaired) electrons. The predicted molar refractivity (Wildman–Crippen MR) is 224 cm³/mol. The molecule has 8 aliphatic carbocycles. The normalized spacial score (nSPS) is 41.0.